The van der Waals surface area contributed by atoms with Crippen molar-refractivity contribution in [3.8, 4) is 5.69 Å². The summed E-state index contributed by atoms with van der Waals surface area (Å²) in [5.41, 5.74) is 5.64. The molecule has 2 heterocycles. The average molecular weight is 566 g/mol. The number of amides is 2. The maximum absolute atomic E-state index is 14.3. The van der Waals surface area contributed by atoms with Gasteiger partial charge in [0.05, 0.1) is 17.1 Å². The highest BCUT2D eigenvalue weighted by Gasteiger charge is 2.40. The Labute approximate surface area is 247 Å². The van der Waals surface area contributed by atoms with Gasteiger partial charge in [0.15, 0.2) is 0 Å². The monoisotopic (exact) mass is 565 g/mol. The van der Waals surface area contributed by atoms with Crippen LogP contribution >= 0.6 is 11.6 Å². The van der Waals surface area contributed by atoms with Gasteiger partial charge in [0, 0.05) is 22.8 Å². The molecule has 2 aliphatic rings. The topological polar surface area (TPSA) is 45.6 Å². The molecule has 210 valence electrons. The highest BCUT2D eigenvalue weighted by molar-refractivity contribution is 6.30. The fraction of sp³-hybridized carbons (Fsp3) is 0.314. The number of rotatable bonds is 10. The standard InChI is InChI=1S/C35H36ClN3O2/c1-2-3-4-5-9-25-13-15-27(16-14-25)35(41)38(29-21-22-29)24-33(40)39-31-11-7-6-10-30(31)37-23-8-12-32(37)34(39)26-17-19-28(36)20-18-26/h6-8,10-20,23,29,34H,2-5,9,21-22,24H2,1H3/t34-/m0/s1. The molecule has 0 saturated heterocycles. The van der Waals surface area contributed by atoms with Crippen LogP contribution < -0.4 is 4.90 Å². The Kier molecular flexibility index (Phi) is 7.97. The second-order valence-electron chi connectivity index (χ2n) is 11.2. The summed E-state index contributed by atoms with van der Waals surface area (Å²) < 4.78 is 2.14. The van der Waals surface area contributed by atoms with Gasteiger partial charge in [0.2, 0.25) is 5.91 Å². The van der Waals surface area contributed by atoms with Crippen molar-refractivity contribution >= 4 is 29.1 Å². The fourth-order valence-electron chi connectivity index (χ4n) is 5.93. The van der Waals surface area contributed by atoms with E-state index in [1.54, 1.807) is 4.90 Å². The van der Waals surface area contributed by atoms with Crippen molar-refractivity contribution in [3.63, 3.8) is 0 Å². The molecule has 5 nitrogen and oxygen atoms in total. The number of aryl methyl sites for hydroxylation is 1. The summed E-state index contributed by atoms with van der Waals surface area (Å²) >= 11 is 6.23. The van der Waals surface area contributed by atoms with E-state index in [0.717, 1.165) is 41.9 Å². The molecule has 6 heteroatoms. The number of fused-ring (bicyclic) bond motifs is 3. The summed E-state index contributed by atoms with van der Waals surface area (Å²) in [4.78, 5) is 31.8. The van der Waals surface area contributed by atoms with E-state index >= 15 is 0 Å². The Morgan fingerprint density at radius 1 is 0.854 bits per heavy atom. The van der Waals surface area contributed by atoms with Crippen molar-refractivity contribution in [2.24, 2.45) is 0 Å². The molecule has 1 atom stereocenters. The summed E-state index contributed by atoms with van der Waals surface area (Å²) in [6.07, 6.45) is 9.79. The average Bonchev–Trinajstić information content (AvgIpc) is 3.73. The van der Waals surface area contributed by atoms with Crippen molar-refractivity contribution in [1.29, 1.82) is 0 Å². The molecule has 2 amide bonds. The molecule has 3 aromatic carbocycles. The summed E-state index contributed by atoms with van der Waals surface area (Å²) in [6, 6.07) is 27.5. The number of anilines is 1. The van der Waals surface area contributed by atoms with E-state index in [2.05, 4.69) is 29.7 Å². The van der Waals surface area contributed by atoms with Gasteiger partial charge < -0.3 is 9.47 Å². The number of carbonyl (C=O) groups excluding carboxylic acids is 2. The lowest BCUT2D eigenvalue weighted by Gasteiger charge is -2.39. The summed E-state index contributed by atoms with van der Waals surface area (Å²) in [7, 11) is 0. The Balaban J connectivity index is 1.28. The van der Waals surface area contributed by atoms with Crippen molar-refractivity contribution in [2.75, 3.05) is 11.4 Å². The van der Waals surface area contributed by atoms with E-state index < -0.39 is 0 Å². The first-order valence-electron chi connectivity index (χ1n) is 14.8. The lowest BCUT2D eigenvalue weighted by atomic mass is 9.97. The third kappa shape index (κ3) is 5.69. The Hall–Kier alpha value is -3.83. The summed E-state index contributed by atoms with van der Waals surface area (Å²) in [5.74, 6) is -0.173. The van der Waals surface area contributed by atoms with Crippen LogP contribution in [-0.2, 0) is 11.2 Å². The fourth-order valence-corrected chi connectivity index (χ4v) is 6.06. The van der Waals surface area contributed by atoms with E-state index in [1.807, 2.05) is 77.8 Å². The molecule has 41 heavy (non-hydrogen) atoms. The van der Waals surface area contributed by atoms with Crippen LogP contribution in [0.15, 0.2) is 91.1 Å². The summed E-state index contributed by atoms with van der Waals surface area (Å²) in [6.45, 7) is 2.25. The van der Waals surface area contributed by atoms with Crippen LogP contribution in [0.3, 0.4) is 0 Å². The van der Waals surface area contributed by atoms with Crippen LogP contribution in [0.25, 0.3) is 5.69 Å². The third-order valence-electron chi connectivity index (χ3n) is 8.25. The van der Waals surface area contributed by atoms with Gasteiger partial charge in [0.1, 0.15) is 12.6 Å². The predicted molar refractivity (Wildman–Crippen MR) is 165 cm³/mol. The van der Waals surface area contributed by atoms with Crippen LogP contribution in [0.5, 0.6) is 0 Å². The minimum atomic E-state index is -0.340. The highest BCUT2D eigenvalue weighted by Crippen LogP contribution is 2.43. The van der Waals surface area contributed by atoms with E-state index in [0.29, 0.717) is 10.6 Å². The van der Waals surface area contributed by atoms with E-state index in [-0.39, 0.29) is 30.4 Å². The second-order valence-corrected chi connectivity index (χ2v) is 11.6. The first kappa shape index (κ1) is 27.3. The Bertz CT molecular complexity index is 1520. The molecule has 1 aliphatic heterocycles. The number of unbranched alkanes of at least 4 members (excludes halogenated alkanes) is 3. The highest BCUT2D eigenvalue weighted by atomic mass is 35.5. The maximum Gasteiger partial charge on any atom is 0.254 e. The molecule has 1 aromatic heterocycles. The molecular weight excluding hydrogens is 530 g/mol. The normalized spacial score (nSPS) is 15.8. The number of nitrogens with zero attached hydrogens (tertiary/aromatic N) is 3. The lowest BCUT2D eigenvalue weighted by molar-refractivity contribution is -0.119. The molecule has 0 bridgehead atoms. The van der Waals surface area contributed by atoms with Gasteiger partial charge in [-0.3, -0.25) is 14.5 Å². The molecule has 4 aromatic rings. The molecule has 6 rings (SSSR count). The SMILES string of the molecule is CCCCCCc1ccc(C(=O)N(CC(=O)N2c3ccccc3-n3cccc3[C@@H]2c2ccc(Cl)cc2)C2CC2)cc1. The lowest BCUT2D eigenvalue weighted by Crippen LogP contribution is -2.47. The zero-order valence-corrected chi connectivity index (χ0v) is 24.3. The first-order valence-corrected chi connectivity index (χ1v) is 15.2. The number of aromatic nitrogens is 1. The quantitative estimate of drug-likeness (QED) is 0.183. The predicted octanol–water partition coefficient (Wildman–Crippen LogP) is 7.99. The van der Waals surface area contributed by atoms with Crippen LogP contribution in [0.4, 0.5) is 5.69 Å². The Morgan fingerprint density at radius 2 is 1.59 bits per heavy atom. The van der Waals surface area contributed by atoms with Crippen molar-refractivity contribution in [1.82, 2.24) is 9.47 Å². The van der Waals surface area contributed by atoms with Gasteiger partial charge in [0.25, 0.3) is 5.91 Å². The summed E-state index contributed by atoms with van der Waals surface area (Å²) in [5, 5.41) is 0.649. The molecule has 0 unspecified atom stereocenters. The van der Waals surface area contributed by atoms with Gasteiger partial charge in [-0.1, -0.05) is 74.2 Å². The van der Waals surface area contributed by atoms with Crippen LogP contribution in [-0.4, -0.2) is 33.9 Å². The molecule has 1 aliphatic carbocycles. The number of hydrogen-bond donors (Lipinski definition) is 0. The number of hydrogen-bond acceptors (Lipinski definition) is 2. The molecule has 0 N–H and O–H groups in total. The first-order chi connectivity index (χ1) is 20.0. The number of benzene rings is 3. The molecule has 0 radical (unpaired) electrons. The number of para-hydroxylation sites is 2. The van der Waals surface area contributed by atoms with Crippen LogP contribution in [0.1, 0.15) is 78.7 Å². The van der Waals surface area contributed by atoms with Gasteiger partial charge in [-0.15, -0.1) is 0 Å². The minimum absolute atomic E-state index is 0.0292. The van der Waals surface area contributed by atoms with E-state index in [9.17, 15) is 9.59 Å². The van der Waals surface area contributed by atoms with Gasteiger partial charge in [-0.2, -0.15) is 0 Å². The number of carbonyl (C=O) groups is 2. The van der Waals surface area contributed by atoms with E-state index in [4.69, 9.17) is 11.6 Å². The smallest absolute Gasteiger partial charge is 0.254 e. The molecular formula is C35H36ClN3O2. The molecule has 1 saturated carbocycles. The Morgan fingerprint density at radius 3 is 2.29 bits per heavy atom. The van der Waals surface area contributed by atoms with Crippen LogP contribution in [0, 0.1) is 0 Å². The second kappa shape index (κ2) is 12.0. The number of halogens is 1. The third-order valence-corrected chi connectivity index (χ3v) is 8.50. The zero-order valence-electron chi connectivity index (χ0n) is 23.5. The van der Waals surface area contributed by atoms with Crippen molar-refractivity contribution in [3.05, 3.63) is 119 Å². The van der Waals surface area contributed by atoms with E-state index in [1.165, 1.54) is 31.2 Å². The maximum atomic E-state index is 14.3. The van der Waals surface area contributed by atoms with Crippen molar-refractivity contribution < 1.29 is 9.59 Å². The van der Waals surface area contributed by atoms with Gasteiger partial charge in [-0.05, 0) is 85.3 Å². The van der Waals surface area contributed by atoms with Crippen molar-refractivity contribution in [2.45, 2.75) is 64.0 Å². The molecule has 0 spiro atoms. The van der Waals surface area contributed by atoms with Gasteiger partial charge >= 0.3 is 0 Å². The zero-order chi connectivity index (χ0) is 28.3. The molecule has 1 fully saturated rings. The minimum Gasteiger partial charge on any atom is -0.326 e. The largest absolute Gasteiger partial charge is 0.326 e. The van der Waals surface area contributed by atoms with Gasteiger partial charge in [-0.25, -0.2) is 0 Å². The van der Waals surface area contributed by atoms with Crippen LogP contribution in [0.2, 0.25) is 5.02 Å².